The van der Waals surface area contributed by atoms with Gasteiger partial charge in [-0.05, 0) is 38.2 Å². The van der Waals surface area contributed by atoms with Gasteiger partial charge in [0.25, 0.3) is 5.91 Å². The SMILES string of the molecule is Cc1cccc(Cn2cc(C(N)=O)c(=O)c3c2CCCC3)c1. The molecule has 22 heavy (non-hydrogen) atoms. The van der Waals surface area contributed by atoms with E-state index in [1.54, 1.807) is 6.20 Å². The van der Waals surface area contributed by atoms with Crippen LogP contribution in [-0.2, 0) is 19.4 Å². The van der Waals surface area contributed by atoms with Gasteiger partial charge in [0.2, 0.25) is 0 Å². The molecule has 114 valence electrons. The minimum atomic E-state index is -0.642. The number of rotatable bonds is 3. The van der Waals surface area contributed by atoms with E-state index >= 15 is 0 Å². The molecular weight excluding hydrogens is 276 g/mol. The third-order valence-electron chi connectivity index (χ3n) is 4.29. The fourth-order valence-corrected chi connectivity index (χ4v) is 3.23. The van der Waals surface area contributed by atoms with Gasteiger partial charge in [-0.15, -0.1) is 0 Å². The molecule has 1 amide bonds. The van der Waals surface area contributed by atoms with E-state index in [2.05, 4.69) is 25.1 Å². The topological polar surface area (TPSA) is 65.1 Å². The van der Waals surface area contributed by atoms with E-state index < -0.39 is 5.91 Å². The van der Waals surface area contributed by atoms with E-state index in [1.807, 2.05) is 10.6 Å². The largest absolute Gasteiger partial charge is 0.365 e. The first kappa shape index (κ1) is 14.6. The van der Waals surface area contributed by atoms with Crippen molar-refractivity contribution in [3.63, 3.8) is 0 Å². The molecule has 0 saturated carbocycles. The van der Waals surface area contributed by atoms with E-state index in [-0.39, 0.29) is 11.0 Å². The number of hydrogen-bond donors (Lipinski definition) is 1. The van der Waals surface area contributed by atoms with Crippen LogP contribution in [0.1, 0.15) is 45.6 Å². The minimum absolute atomic E-state index is 0.105. The fraction of sp³-hybridized carbons (Fsp3) is 0.333. The molecule has 0 spiro atoms. The summed E-state index contributed by atoms with van der Waals surface area (Å²) in [4.78, 5) is 24.0. The van der Waals surface area contributed by atoms with Crippen molar-refractivity contribution in [1.29, 1.82) is 0 Å². The molecule has 1 aliphatic rings. The molecule has 1 aliphatic carbocycles. The molecule has 2 aromatic rings. The summed E-state index contributed by atoms with van der Waals surface area (Å²) in [6.45, 7) is 2.71. The Morgan fingerprint density at radius 3 is 2.77 bits per heavy atom. The first-order valence-electron chi connectivity index (χ1n) is 7.67. The highest BCUT2D eigenvalue weighted by Crippen LogP contribution is 2.20. The molecule has 0 bridgehead atoms. The molecule has 0 aliphatic heterocycles. The highest BCUT2D eigenvalue weighted by molar-refractivity contribution is 5.92. The quantitative estimate of drug-likeness (QED) is 0.943. The molecule has 0 atom stereocenters. The number of hydrogen-bond acceptors (Lipinski definition) is 2. The number of aryl methyl sites for hydroxylation is 1. The Labute approximate surface area is 129 Å². The van der Waals surface area contributed by atoms with Crippen LogP contribution >= 0.6 is 0 Å². The molecule has 2 N–H and O–H groups in total. The smallest absolute Gasteiger partial charge is 0.254 e. The zero-order chi connectivity index (χ0) is 15.7. The first-order valence-corrected chi connectivity index (χ1v) is 7.67. The molecule has 0 saturated heterocycles. The molecule has 1 aromatic heterocycles. The summed E-state index contributed by atoms with van der Waals surface area (Å²) in [6.07, 6.45) is 5.33. The summed E-state index contributed by atoms with van der Waals surface area (Å²) in [5.41, 5.74) is 9.50. The Bertz CT molecular complexity index is 790. The van der Waals surface area contributed by atoms with Crippen molar-refractivity contribution in [3.05, 3.63) is 68.6 Å². The van der Waals surface area contributed by atoms with Crippen LogP contribution in [0.2, 0.25) is 0 Å². The van der Waals surface area contributed by atoms with E-state index in [0.717, 1.165) is 42.5 Å². The van der Waals surface area contributed by atoms with E-state index in [1.165, 1.54) is 5.56 Å². The molecule has 4 heteroatoms. The standard InChI is InChI=1S/C18H20N2O2/c1-12-5-4-6-13(9-12)10-20-11-15(18(19)22)17(21)14-7-2-3-8-16(14)20/h4-6,9,11H,2-3,7-8,10H2,1H3,(H2,19,22). The lowest BCUT2D eigenvalue weighted by Gasteiger charge is -2.22. The van der Waals surface area contributed by atoms with Crippen molar-refractivity contribution < 1.29 is 4.79 Å². The van der Waals surface area contributed by atoms with Crippen LogP contribution in [-0.4, -0.2) is 10.5 Å². The first-order chi connectivity index (χ1) is 10.6. The molecule has 0 radical (unpaired) electrons. The second-order valence-corrected chi connectivity index (χ2v) is 5.99. The van der Waals surface area contributed by atoms with Gasteiger partial charge in [0, 0.05) is 24.0 Å². The van der Waals surface area contributed by atoms with Crippen LogP contribution in [0, 0.1) is 6.92 Å². The number of primary amides is 1. The van der Waals surface area contributed by atoms with Gasteiger partial charge in [-0.25, -0.2) is 0 Å². The Kier molecular flexibility index (Phi) is 3.84. The summed E-state index contributed by atoms with van der Waals surface area (Å²) in [5.74, 6) is -0.642. The molecule has 0 fully saturated rings. The average molecular weight is 296 g/mol. The van der Waals surface area contributed by atoms with Gasteiger partial charge in [0.15, 0.2) is 5.43 Å². The van der Waals surface area contributed by atoms with Gasteiger partial charge < -0.3 is 10.3 Å². The third kappa shape index (κ3) is 2.69. The fourth-order valence-electron chi connectivity index (χ4n) is 3.23. The van der Waals surface area contributed by atoms with Crippen molar-refractivity contribution in [1.82, 2.24) is 4.57 Å². The highest BCUT2D eigenvalue weighted by Gasteiger charge is 2.20. The van der Waals surface area contributed by atoms with Gasteiger partial charge in [0.1, 0.15) is 5.56 Å². The zero-order valence-corrected chi connectivity index (χ0v) is 12.8. The molecule has 0 unspecified atom stereocenters. The van der Waals surface area contributed by atoms with Crippen molar-refractivity contribution >= 4 is 5.91 Å². The van der Waals surface area contributed by atoms with Gasteiger partial charge >= 0.3 is 0 Å². The van der Waals surface area contributed by atoms with Crippen molar-refractivity contribution in [3.8, 4) is 0 Å². The van der Waals surface area contributed by atoms with Gasteiger partial charge in [0.05, 0.1) is 0 Å². The molecule has 1 heterocycles. The maximum absolute atomic E-state index is 12.4. The Morgan fingerprint density at radius 1 is 1.27 bits per heavy atom. The van der Waals surface area contributed by atoms with Crippen LogP contribution in [0.4, 0.5) is 0 Å². The molecule has 1 aromatic carbocycles. The number of benzene rings is 1. The van der Waals surface area contributed by atoms with E-state index in [9.17, 15) is 9.59 Å². The number of carbonyl (C=O) groups excluding carboxylic acids is 1. The van der Waals surface area contributed by atoms with Crippen LogP contribution in [0.5, 0.6) is 0 Å². The lowest BCUT2D eigenvalue weighted by Crippen LogP contribution is -2.30. The van der Waals surface area contributed by atoms with E-state index in [0.29, 0.717) is 6.54 Å². The number of nitrogens with zero attached hydrogens (tertiary/aromatic N) is 1. The summed E-state index contributed by atoms with van der Waals surface area (Å²) in [6, 6.07) is 8.26. The van der Waals surface area contributed by atoms with Crippen LogP contribution in [0.25, 0.3) is 0 Å². The highest BCUT2D eigenvalue weighted by atomic mass is 16.2. The van der Waals surface area contributed by atoms with Crippen molar-refractivity contribution in [2.75, 3.05) is 0 Å². The van der Waals surface area contributed by atoms with Crippen molar-refractivity contribution in [2.24, 2.45) is 5.73 Å². The molecule has 3 rings (SSSR count). The average Bonchev–Trinajstić information content (AvgIpc) is 2.50. The predicted molar refractivity (Wildman–Crippen MR) is 86.1 cm³/mol. The summed E-state index contributed by atoms with van der Waals surface area (Å²) in [7, 11) is 0. The maximum Gasteiger partial charge on any atom is 0.254 e. The molecular formula is C18H20N2O2. The lowest BCUT2D eigenvalue weighted by atomic mass is 9.93. The Hall–Kier alpha value is -2.36. The number of pyridine rings is 1. The Morgan fingerprint density at radius 2 is 2.05 bits per heavy atom. The normalized spacial score (nSPS) is 13.7. The lowest BCUT2D eigenvalue weighted by molar-refractivity contribution is 0.0998. The van der Waals surface area contributed by atoms with Crippen molar-refractivity contribution in [2.45, 2.75) is 39.2 Å². The number of amides is 1. The second kappa shape index (κ2) is 5.79. The summed E-state index contributed by atoms with van der Waals surface area (Å²) >= 11 is 0. The number of fused-ring (bicyclic) bond motifs is 1. The number of carbonyl (C=O) groups is 1. The zero-order valence-electron chi connectivity index (χ0n) is 12.8. The van der Waals surface area contributed by atoms with Gasteiger partial charge in [-0.2, -0.15) is 0 Å². The van der Waals surface area contributed by atoms with E-state index in [4.69, 9.17) is 5.73 Å². The molecule has 4 nitrogen and oxygen atoms in total. The number of aromatic nitrogens is 1. The second-order valence-electron chi connectivity index (χ2n) is 5.99. The summed E-state index contributed by atoms with van der Waals surface area (Å²) in [5, 5.41) is 0. The maximum atomic E-state index is 12.4. The summed E-state index contributed by atoms with van der Waals surface area (Å²) < 4.78 is 2.03. The predicted octanol–water partition coefficient (Wildman–Crippen LogP) is 2.18. The minimum Gasteiger partial charge on any atom is -0.365 e. The monoisotopic (exact) mass is 296 g/mol. The van der Waals surface area contributed by atoms with Gasteiger partial charge in [-0.3, -0.25) is 9.59 Å². The number of nitrogens with two attached hydrogens (primary N) is 1. The van der Waals surface area contributed by atoms with Crippen LogP contribution < -0.4 is 11.2 Å². The van der Waals surface area contributed by atoms with Gasteiger partial charge in [-0.1, -0.05) is 29.8 Å². The Balaban J connectivity index is 2.12. The van der Waals surface area contributed by atoms with Crippen LogP contribution in [0.15, 0.2) is 35.3 Å². The van der Waals surface area contributed by atoms with Crippen LogP contribution in [0.3, 0.4) is 0 Å². The third-order valence-corrected chi connectivity index (χ3v) is 4.29.